The molecule has 23 heavy (non-hydrogen) atoms. The van der Waals surface area contributed by atoms with Gasteiger partial charge in [-0.1, -0.05) is 0 Å². The molecule has 4 nitrogen and oxygen atoms in total. The van der Waals surface area contributed by atoms with Crippen LogP contribution in [0.4, 0.5) is 0 Å². The topological polar surface area (TPSA) is 43.2 Å². The number of methoxy groups -OCH3 is 2. The van der Waals surface area contributed by atoms with Crippen LogP contribution in [-0.2, 0) is 9.47 Å². The summed E-state index contributed by atoms with van der Waals surface area (Å²) in [5.41, 5.74) is 0. The molecule has 2 rings (SSSR count). The first-order chi connectivity index (χ1) is 11.1. The van der Waals surface area contributed by atoms with E-state index in [1.54, 1.807) is 14.2 Å². The van der Waals surface area contributed by atoms with E-state index in [-0.39, 0.29) is 0 Å². The summed E-state index contributed by atoms with van der Waals surface area (Å²) in [5, 5.41) is 0. The number of nitrogens with zero attached hydrogens (tertiary/aromatic N) is 2. The van der Waals surface area contributed by atoms with Crippen LogP contribution in [-0.4, -0.2) is 38.1 Å². The predicted octanol–water partition coefficient (Wildman–Crippen LogP) is 4.62. The van der Waals surface area contributed by atoms with Gasteiger partial charge in [-0.3, -0.25) is 9.98 Å². The quantitative estimate of drug-likeness (QED) is 0.560. The third-order valence-electron chi connectivity index (χ3n) is 5.62. The second-order valence-electron chi connectivity index (χ2n) is 7.29. The van der Waals surface area contributed by atoms with Gasteiger partial charge in [-0.05, 0) is 69.6 Å². The molecule has 0 aromatic rings. The summed E-state index contributed by atoms with van der Waals surface area (Å²) < 4.78 is 10.4. The largest absolute Gasteiger partial charge is 0.484 e. The number of hydrogen-bond donors (Lipinski definition) is 0. The Kier molecular flexibility index (Phi) is 7.38. The fraction of sp³-hybridized carbons (Fsp3) is 0.895. The van der Waals surface area contributed by atoms with Crippen LogP contribution in [0.15, 0.2) is 9.98 Å². The molecule has 0 N–H and O–H groups in total. The predicted molar refractivity (Wildman–Crippen MR) is 96.3 cm³/mol. The molecule has 0 saturated heterocycles. The monoisotopic (exact) mass is 322 g/mol. The smallest absolute Gasteiger partial charge is 0.179 e. The van der Waals surface area contributed by atoms with Gasteiger partial charge in [0.15, 0.2) is 11.8 Å². The molecule has 0 spiro atoms. The summed E-state index contributed by atoms with van der Waals surface area (Å²) in [6.45, 7) is 3.91. The van der Waals surface area contributed by atoms with Gasteiger partial charge in [-0.15, -0.1) is 0 Å². The van der Waals surface area contributed by atoms with E-state index in [9.17, 15) is 0 Å². The van der Waals surface area contributed by atoms with Crippen LogP contribution in [0.3, 0.4) is 0 Å². The first-order valence-corrected chi connectivity index (χ1v) is 9.27. The molecule has 0 unspecified atom stereocenters. The van der Waals surface area contributed by atoms with E-state index in [1.165, 1.54) is 57.8 Å². The SMILES string of the molecule is COC(C)=NC1CCC(CC2CCC(N=C(C)OC)CC2)CC1. The van der Waals surface area contributed by atoms with Gasteiger partial charge in [0.2, 0.25) is 0 Å². The van der Waals surface area contributed by atoms with Crippen molar-refractivity contribution in [3.63, 3.8) is 0 Å². The Bertz CT molecular complexity index is 366. The van der Waals surface area contributed by atoms with E-state index < -0.39 is 0 Å². The molecule has 0 atom stereocenters. The summed E-state index contributed by atoms with van der Waals surface area (Å²) in [5.74, 6) is 3.49. The number of aliphatic imine (C=N–C) groups is 2. The summed E-state index contributed by atoms with van der Waals surface area (Å²) in [7, 11) is 3.41. The Morgan fingerprint density at radius 2 is 1.04 bits per heavy atom. The molecule has 0 radical (unpaired) electrons. The van der Waals surface area contributed by atoms with E-state index in [0.717, 1.165) is 23.6 Å². The fourth-order valence-electron chi connectivity index (χ4n) is 4.11. The van der Waals surface area contributed by atoms with E-state index in [1.807, 2.05) is 13.8 Å². The van der Waals surface area contributed by atoms with Gasteiger partial charge < -0.3 is 9.47 Å². The molecule has 0 heterocycles. The van der Waals surface area contributed by atoms with Crippen LogP contribution in [0.1, 0.15) is 71.6 Å². The summed E-state index contributed by atoms with van der Waals surface area (Å²) in [4.78, 5) is 9.30. The fourth-order valence-corrected chi connectivity index (χ4v) is 4.11. The second-order valence-corrected chi connectivity index (χ2v) is 7.29. The second kappa shape index (κ2) is 9.29. The Morgan fingerprint density at radius 3 is 1.35 bits per heavy atom. The molecule has 0 amide bonds. The van der Waals surface area contributed by atoms with Crippen molar-refractivity contribution in [2.45, 2.75) is 83.7 Å². The van der Waals surface area contributed by atoms with Crippen molar-refractivity contribution >= 4 is 11.8 Å². The van der Waals surface area contributed by atoms with Crippen LogP contribution >= 0.6 is 0 Å². The maximum Gasteiger partial charge on any atom is 0.179 e. The van der Waals surface area contributed by atoms with Gasteiger partial charge >= 0.3 is 0 Å². The molecule has 2 saturated carbocycles. The van der Waals surface area contributed by atoms with Crippen molar-refractivity contribution in [3.05, 3.63) is 0 Å². The minimum absolute atomic E-state index is 0.494. The lowest BCUT2D eigenvalue weighted by Gasteiger charge is -2.32. The highest BCUT2D eigenvalue weighted by Crippen LogP contribution is 2.36. The molecular formula is C19H34N2O2. The highest BCUT2D eigenvalue weighted by Gasteiger charge is 2.26. The van der Waals surface area contributed by atoms with Crippen molar-refractivity contribution < 1.29 is 9.47 Å². The average molecular weight is 322 g/mol. The van der Waals surface area contributed by atoms with Crippen LogP contribution in [0.5, 0.6) is 0 Å². The van der Waals surface area contributed by atoms with E-state index in [2.05, 4.69) is 9.98 Å². The van der Waals surface area contributed by atoms with Gasteiger partial charge in [0.25, 0.3) is 0 Å². The number of ether oxygens (including phenoxy) is 2. The maximum atomic E-state index is 5.18. The van der Waals surface area contributed by atoms with Crippen molar-refractivity contribution in [1.82, 2.24) is 0 Å². The zero-order chi connectivity index (χ0) is 16.7. The molecule has 2 aliphatic carbocycles. The van der Waals surface area contributed by atoms with Crippen molar-refractivity contribution in [1.29, 1.82) is 0 Å². The molecular weight excluding hydrogens is 288 g/mol. The zero-order valence-electron chi connectivity index (χ0n) is 15.4. The van der Waals surface area contributed by atoms with Gasteiger partial charge in [0, 0.05) is 13.8 Å². The van der Waals surface area contributed by atoms with E-state index in [0.29, 0.717) is 12.1 Å². The molecule has 2 aliphatic rings. The van der Waals surface area contributed by atoms with E-state index in [4.69, 9.17) is 9.47 Å². The third-order valence-corrected chi connectivity index (χ3v) is 5.62. The van der Waals surface area contributed by atoms with E-state index >= 15 is 0 Å². The van der Waals surface area contributed by atoms with Gasteiger partial charge in [0.05, 0.1) is 26.3 Å². The molecule has 132 valence electrons. The molecule has 0 bridgehead atoms. The highest BCUT2D eigenvalue weighted by molar-refractivity contribution is 5.73. The third kappa shape index (κ3) is 6.15. The minimum Gasteiger partial charge on any atom is -0.484 e. The molecule has 0 aliphatic heterocycles. The van der Waals surface area contributed by atoms with Crippen LogP contribution < -0.4 is 0 Å². The maximum absolute atomic E-state index is 5.18. The summed E-state index contributed by atoms with van der Waals surface area (Å²) >= 11 is 0. The number of rotatable bonds is 4. The first kappa shape index (κ1) is 18.3. The summed E-state index contributed by atoms with van der Waals surface area (Å²) in [6.07, 6.45) is 11.7. The van der Waals surface area contributed by atoms with Gasteiger partial charge in [0.1, 0.15) is 0 Å². The Labute approximate surface area is 141 Å². The van der Waals surface area contributed by atoms with Crippen molar-refractivity contribution in [2.75, 3.05) is 14.2 Å². The lowest BCUT2D eigenvalue weighted by atomic mass is 9.76. The minimum atomic E-state index is 0.494. The van der Waals surface area contributed by atoms with Crippen molar-refractivity contribution in [3.8, 4) is 0 Å². The zero-order valence-corrected chi connectivity index (χ0v) is 15.4. The van der Waals surface area contributed by atoms with Crippen LogP contribution in [0.25, 0.3) is 0 Å². The van der Waals surface area contributed by atoms with Gasteiger partial charge in [-0.2, -0.15) is 0 Å². The molecule has 4 heteroatoms. The Balaban J connectivity index is 1.68. The molecule has 0 aromatic carbocycles. The summed E-state index contributed by atoms with van der Waals surface area (Å²) in [6, 6.07) is 0.988. The highest BCUT2D eigenvalue weighted by atomic mass is 16.5. The standard InChI is InChI=1S/C19H34N2O2/c1-14(22-3)20-18-9-5-16(6-10-18)13-17-7-11-19(12-8-17)21-15(2)23-4/h16-19H,5-13H2,1-4H3. The Hall–Kier alpha value is -1.06. The first-order valence-electron chi connectivity index (χ1n) is 9.27. The molecule has 2 fully saturated rings. The average Bonchev–Trinajstić information content (AvgIpc) is 2.58. The van der Waals surface area contributed by atoms with Gasteiger partial charge in [-0.25, -0.2) is 0 Å². The van der Waals surface area contributed by atoms with Crippen molar-refractivity contribution in [2.24, 2.45) is 21.8 Å². The Morgan fingerprint density at radius 1 is 0.696 bits per heavy atom. The number of hydrogen-bond acceptors (Lipinski definition) is 4. The van der Waals surface area contributed by atoms with Crippen LogP contribution in [0.2, 0.25) is 0 Å². The lowest BCUT2D eigenvalue weighted by molar-refractivity contribution is 0.224. The van der Waals surface area contributed by atoms with Crippen LogP contribution in [0, 0.1) is 11.8 Å². The normalized spacial score (nSPS) is 33.4. The molecule has 0 aromatic heterocycles. The lowest BCUT2D eigenvalue weighted by Crippen LogP contribution is -2.24.